The third-order valence-electron chi connectivity index (χ3n) is 3.73. The summed E-state index contributed by atoms with van der Waals surface area (Å²) in [7, 11) is 0. The van der Waals surface area contributed by atoms with Crippen molar-refractivity contribution < 1.29 is 9.53 Å². The van der Waals surface area contributed by atoms with Crippen LogP contribution in [0.5, 0.6) is 5.75 Å². The molecular weight excluding hydrogens is 407 g/mol. The minimum atomic E-state index is -0.580. The number of hydrogen-bond donors (Lipinski definition) is 3. The molecule has 1 aromatic carbocycles. The summed E-state index contributed by atoms with van der Waals surface area (Å²) in [6, 6.07) is 3.24. The molecule has 150 valence electrons. The molecule has 0 fully saturated rings. The van der Waals surface area contributed by atoms with Crippen LogP contribution in [0.2, 0.25) is 10.0 Å². The molecule has 8 nitrogen and oxygen atoms in total. The summed E-state index contributed by atoms with van der Waals surface area (Å²) < 4.78 is 5.49. The van der Waals surface area contributed by atoms with Crippen LogP contribution in [-0.4, -0.2) is 28.7 Å². The van der Waals surface area contributed by atoms with Crippen LogP contribution >= 0.6 is 23.2 Å². The number of hydrogen-bond acceptors (Lipinski definition) is 5. The van der Waals surface area contributed by atoms with Crippen molar-refractivity contribution in [2.75, 3.05) is 6.61 Å². The van der Waals surface area contributed by atoms with Crippen molar-refractivity contribution in [2.24, 2.45) is 5.10 Å². The molecule has 0 unspecified atom stereocenters. The quantitative estimate of drug-likeness (QED) is 0.444. The first-order valence-electron chi connectivity index (χ1n) is 8.57. The highest BCUT2D eigenvalue weighted by molar-refractivity contribution is 6.37. The normalized spacial score (nSPS) is 11.0. The number of aromatic amines is 2. The second kappa shape index (κ2) is 10.1. The summed E-state index contributed by atoms with van der Waals surface area (Å²) in [5.41, 5.74) is 2.65. The first-order chi connectivity index (χ1) is 13.3. The van der Waals surface area contributed by atoms with Gasteiger partial charge in [0.05, 0.1) is 22.9 Å². The van der Waals surface area contributed by atoms with E-state index in [0.29, 0.717) is 39.2 Å². The Morgan fingerprint density at radius 2 is 1.93 bits per heavy atom. The van der Waals surface area contributed by atoms with Gasteiger partial charge in [0.15, 0.2) is 5.75 Å². The molecule has 0 bridgehead atoms. The molecule has 1 amide bonds. The van der Waals surface area contributed by atoms with E-state index in [9.17, 15) is 14.4 Å². The Labute approximate surface area is 170 Å². The number of benzene rings is 1. The predicted octanol–water partition coefficient (Wildman–Crippen LogP) is 2.55. The number of H-pyrrole nitrogens is 2. The molecule has 0 radical (unpaired) electrons. The predicted molar refractivity (Wildman–Crippen MR) is 109 cm³/mol. The summed E-state index contributed by atoms with van der Waals surface area (Å²) in [6.45, 7) is 4.07. The lowest BCUT2D eigenvalue weighted by Gasteiger charge is -2.09. The fourth-order valence-corrected chi connectivity index (χ4v) is 3.01. The lowest BCUT2D eigenvalue weighted by atomic mass is 10.1. The topological polar surface area (TPSA) is 116 Å². The first-order valence-corrected chi connectivity index (χ1v) is 9.33. The van der Waals surface area contributed by atoms with E-state index >= 15 is 0 Å². The smallest absolute Gasteiger partial charge is 0.325 e. The van der Waals surface area contributed by atoms with Gasteiger partial charge in [-0.2, -0.15) is 5.10 Å². The van der Waals surface area contributed by atoms with Crippen molar-refractivity contribution in [3.05, 3.63) is 59.8 Å². The Bertz CT molecular complexity index is 975. The molecule has 2 rings (SSSR count). The van der Waals surface area contributed by atoms with Gasteiger partial charge in [-0.15, -0.1) is 0 Å². The second-order valence-corrected chi connectivity index (χ2v) is 6.78. The number of ether oxygens (including phenoxy) is 1. The number of rotatable bonds is 8. The highest BCUT2D eigenvalue weighted by Gasteiger charge is 2.10. The summed E-state index contributed by atoms with van der Waals surface area (Å²) in [4.78, 5) is 39.5. The van der Waals surface area contributed by atoms with Crippen LogP contribution in [0.4, 0.5) is 0 Å². The maximum absolute atomic E-state index is 11.9. The molecule has 0 spiro atoms. The summed E-state index contributed by atoms with van der Waals surface area (Å²) in [5.74, 6) is 0.0224. The zero-order valence-electron chi connectivity index (χ0n) is 15.4. The van der Waals surface area contributed by atoms with Gasteiger partial charge < -0.3 is 9.72 Å². The van der Waals surface area contributed by atoms with Crippen LogP contribution in [0, 0.1) is 6.92 Å². The molecule has 10 heteroatoms. The molecular formula is C18H20Cl2N4O4. The standard InChI is InChI=1S/C18H20Cl2N4O4/c1-3-6-28-16-13(19)7-11(8-14(16)20)9-21-24-15(25)5-4-12-10(2)22-18(27)23-17(12)26/h7-9H,3-6H2,1-2H3,(H,24,25)(H2,22,23,26,27)/b21-9+. The van der Waals surface area contributed by atoms with Crippen molar-refractivity contribution in [3.8, 4) is 5.75 Å². The fraction of sp³-hybridized carbons (Fsp3) is 0.333. The van der Waals surface area contributed by atoms with Crippen LogP contribution in [-0.2, 0) is 11.2 Å². The molecule has 0 aliphatic rings. The van der Waals surface area contributed by atoms with Crippen molar-refractivity contribution in [1.82, 2.24) is 15.4 Å². The molecule has 2 aromatic rings. The molecule has 28 heavy (non-hydrogen) atoms. The maximum atomic E-state index is 11.9. The molecule has 1 aromatic heterocycles. The average Bonchev–Trinajstić information content (AvgIpc) is 2.60. The van der Waals surface area contributed by atoms with E-state index in [1.807, 2.05) is 6.92 Å². The van der Waals surface area contributed by atoms with Crippen LogP contribution < -0.4 is 21.4 Å². The van der Waals surface area contributed by atoms with Gasteiger partial charge in [-0.25, -0.2) is 10.2 Å². The zero-order valence-corrected chi connectivity index (χ0v) is 16.9. The van der Waals surface area contributed by atoms with E-state index in [0.717, 1.165) is 6.42 Å². The van der Waals surface area contributed by atoms with Gasteiger partial charge in [-0.3, -0.25) is 14.6 Å². The monoisotopic (exact) mass is 426 g/mol. The van der Waals surface area contributed by atoms with Gasteiger partial charge in [-0.1, -0.05) is 30.1 Å². The zero-order chi connectivity index (χ0) is 20.7. The number of aromatic nitrogens is 2. The number of halogens is 2. The summed E-state index contributed by atoms with van der Waals surface area (Å²) >= 11 is 12.3. The molecule has 0 saturated heterocycles. The van der Waals surface area contributed by atoms with E-state index in [-0.39, 0.29) is 18.7 Å². The van der Waals surface area contributed by atoms with Crippen molar-refractivity contribution in [3.63, 3.8) is 0 Å². The van der Waals surface area contributed by atoms with Crippen molar-refractivity contribution in [2.45, 2.75) is 33.1 Å². The number of nitrogens with zero attached hydrogens (tertiary/aromatic N) is 1. The number of carbonyl (C=O) groups excluding carboxylic acids is 1. The van der Waals surface area contributed by atoms with Gasteiger partial charge in [0.2, 0.25) is 5.91 Å². The van der Waals surface area contributed by atoms with Crippen molar-refractivity contribution in [1.29, 1.82) is 0 Å². The highest BCUT2D eigenvalue weighted by atomic mass is 35.5. The lowest BCUT2D eigenvalue weighted by Crippen LogP contribution is -2.28. The second-order valence-electron chi connectivity index (χ2n) is 5.97. The van der Waals surface area contributed by atoms with Gasteiger partial charge >= 0.3 is 5.69 Å². The van der Waals surface area contributed by atoms with E-state index in [1.165, 1.54) is 6.21 Å². The van der Waals surface area contributed by atoms with Gasteiger partial charge in [0, 0.05) is 17.7 Å². The Morgan fingerprint density at radius 1 is 1.25 bits per heavy atom. The van der Waals surface area contributed by atoms with Gasteiger partial charge in [0.25, 0.3) is 5.56 Å². The minimum Gasteiger partial charge on any atom is -0.490 e. The Balaban J connectivity index is 1.95. The lowest BCUT2D eigenvalue weighted by molar-refractivity contribution is -0.121. The van der Waals surface area contributed by atoms with Crippen LogP contribution in [0.3, 0.4) is 0 Å². The molecule has 3 N–H and O–H groups in total. The largest absolute Gasteiger partial charge is 0.490 e. The minimum absolute atomic E-state index is 0.0264. The van der Waals surface area contributed by atoms with Gasteiger partial charge in [-0.05, 0) is 37.5 Å². The fourth-order valence-electron chi connectivity index (χ4n) is 2.40. The van der Waals surface area contributed by atoms with Crippen LogP contribution in [0.1, 0.15) is 36.6 Å². The first kappa shape index (κ1) is 21.7. The maximum Gasteiger partial charge on any atom is 0.325 e. The van der Waals surface area contributed by atoms with E-state index in [4.69, 9.17) is 27.9 Å². The highest BCUT2D eigenvalue weighted by Crippen LogP contribution is 2.33. The molecule has 0 saturated carbocycles. The third kappa shape index (κ3) is 5.97. The summed E-state index contributed by atoms with van der Waals surface area (Å²) in [5, 5.41) is 4.56. The summed E-state index contributed by atoms with van der Waals surface area (Å²) in [6.07, 6.45) is 2.42. The van der Waals surface area contributed by atoms with Crippen LogP contribution in [0.15, 0.2) is 26.8 Å². The molecule has 1 heterocycles. The molecule has 0 aliphatic heterocycles. The van der Waals surface area contributed by atoms with Crippen LogP contribution in [0.25, 0.3) is 0 Å². The number of aryl methyl sites for hydroxylation is 1. The third-order valence-corrected chi connectivity index (χ3v) is 4.29. The molecule has 0 aliphatic carbocycles. The van der Waals surface area contributed by atoms with E-state index in [2.05, 4.69) is 20.5 Å². The Morgan fingerprint density at radius 3 is 2.54 bits per heavy atom. The number of amides is 1. The Hall–Kier alpha value is -2.58. The number of hydrazone groups is 1. The van der Waals surface area contributed by atoms with Gasteiger partial charge in [0.1, 0.15) is 0 Å². The van der Waals surface area contributed by atoms with E-state index in [1.54, 1.807) is 19.1 Å². The number of nitrogens with one attached hydrogen (secondary N) is 3. The SMILES string of the molecule is CCCOc1c(Cl)cc(/C=N/NC(=O)CCc2c(C)[nH]c(=O)[nH]c2=O)cc1Cl. The molecule has 0 atom stereocenters. The van der Waals surface area contributed by atoms with Crippen molar-refractivity contribution >= 4 is 35.3 Å². The van der Waals surface area contributed by atoms with E-state index < -0.39 is 11.2 Å². The average molecular weight is 427 g/mol. The Kier molecular flexibility index (Phi) is 7.83. The number of carbonyl (C=O) groups is 1.